The summed E-state index contributed by atoms with van der Waals surface area (Å²) >= 11 is 1.62. The monoisotopic (exact) mass is 401 g/mol. The number of ketones is 1. The average molecular weight is 402 g/mol. The number of thiazole rings is 1. The van der Waals surface area contributed by atoms with Crippen LogP contribution in [0.4, 0.5) is 0 Å². The first-order valence-electron chi connectivity index (χ1n) is 10.1. The Morgan fingerprint density at radius 3 is 2.55 bits per heavy atom. The highest BCUT2D eigenvalue weighted by Crippen LogP contribution is 2.36. The van der Waals surface area contributed by atoms with Crippen molar-refractivity contribution >= 4 is 27.3 Å². The molecule has 29 heavy (non-hydrogen) atoms. The molecule has 1 aliphatic carbocycles. The zero-order chi connectivity index (χ0) is 20.1. The van der Waals surface area contributed by atoms with Crippen LogP contribution in [0.2, 0.25) is 0 Å². The van der Waals surface area contributed by atoms with Crippen LogP contribution in [0.25, 0.3) is 15.3 Å². The van der Waals surface area contributed by atoms with E-state index in [9.17, 15) is 4.79 Å². The maximum absolute atomic E-state index is 13.0. The van der Waals surface area contributed by atoms with Gasteiger partial charge >= 0.3 is 0 Å². The molecule has 5 rings (SSSR count). The van der Waals surface area contributed by atoms with Crippen molar-refractivity contribution in [2.24, 2.45) is 0 Å². The minimum atomic E-state index is 0.181. The lowest BCUT2D eigenvalue weighted by molar-refractivity contribution is 0.0963. The topological polar surface area (TPSA) is 47.8 Å². The average Bonchev–Trinajstić information content (AvgIpc) is 3.29. The summed E-state index contributed by atoms with van der Waals surface area (Å²) in [6.07, 6.45) is 1.35. The van der Waals surface area contributed by atoms with Crippen molar-refractivity contribution in [3.8, 4) is 5.13 Å². The zero-order valence-corrected chi connectivity index (χ0v) is 17.7. The fourth-order valence-corrected chi connectivity index (χ4v) is 5.20. The van der Waals surface area contributed by atoms with Crippen molar-refractivity contribution in [1.82, 2.24) is 14.8 Å². The molecule has 0 amide bonds. The highest BCUT2D eigenvalue weighted by atomic mass is 32.1. The Hall–Kier alpha value is -2.79. The number of para-hydroxylation sites is 1. The van der Waals surface area contributed by atoms with Gasteiger partial charge in [0, 0.05) is 6.42 Å². The Morgan fingerprint density at radius 1 is 1.07 bits per heavy atom. The fourth-order valence-electron chi connectivity index (χ4n) is 4.26. The normalized spacial score (nSPS) is 16.6. The molecule has 146 valence electrons. The van der Waals surface area contributed by atoms with Gasteiger partial charge in [0.15, 0.2) is 5.78 Å². The number of nitrogens with zero attached hydrogens (tertiary/aromatic N) is 3. The third-order valence-corrected chi connectivity index (χ3v) is 6.86. The van der Waals surface area contributed by atoms with E-state index in [4.69, 9.17) is 10.1 Å². The first kappa shape index (κ1) is 18.3. The van der Waals surface area contributed by atoms with Gasteiger partial charge in [0.1, 0.15) is 0 Å². The lowest BCUT2D eigenvalue weighted by atomic mass is 9.81. The highest BCUT2D eigenvalue weighted by Gasteiger charge is 2.32. The summed E-state index contributed by atoms with van der Waals surface area (Å²) in [5.41, 5.74) is 6.11. The molecule has 0 bridgehead atoms. The standard InChI is InChI=1S/C24H23N3OS/c1-14(2)16-8-10-17(11-9-16)18-12-20-23(21(28)13-18)15(3)26-27(20)24-25-19-6-4-5-7-22(19)29-24/h4-11,14,18H,12-13H2,1-3H3/t18-/m0/s1. The maximum atomic E-state index is 13.0. The molecule has 0 N–H and O–H groups in total. The van der Waals surface area contributed by atoms with Crippen LogP contribution >= 0.6 is 11.3 Å². The van der Waals surface area contributed by atoms with Gasteiger partial charge in [0.2, 0.25) is 5.13 Å². The van der Waals surface area contributed by atoms with Crippen molar-refractivity contribution in [1.29, 1.82) is 0 Å². The van der Waals surface area contributed by atoms with Gasteiger partial charge in [-0.05, 0) is 48.4 Å². The van der Waals surface area contributed by atoms with Crippen molar-refractivity contribution in [3.05, 3.63) is 76.6 Å². The molecular weight excluding hydrogens is 378 g/mol. The maximum Gasteiger partial charge on any atom is 0.211 e. The lowest BCUT2D eigenvalue weighted by Crippen LogP contribution is -2.20. The minimum Gasteiger partial charge on any atom is -0.294 e. The van der Waals surface area contributed by atoms with Crippen molar-refractivity contribution < 1.29 is 4.79 Å². The third kappa shape index (κ3) is 3.10. The van der Waals surface area contributed by atoms with Gasteiger partial charge in [-0.15, -0.1) is 0 Å². The molecule has 0 aliphatic heterocycles. The van der Waals surface area contributed by atoms with E-state index in [0.29, 0.717) is 12.3 Å². The second-order valence-electron chi connectivity index (χ2n) is 8.13. The van der Waals surface area contributed by atoms with Gasteiger partial charge in [0.25, 0.3) is 0 Å². The van der Waals surface area contributed by atoms with E-state index >= 15 is 0 Å². The zero-order valence-electron chi connectivity index (χ0n) is 16.8. The number of carbonyl (C=O) groups is 1. The molecule has 0 unspecified atom stereocenters. The van der Waals surface area contributed by atoms with E-state index in [1.807, 2.05) is 29.8 Å². The first-order chi connectivity index (χ1) is 14.0. The Labute approximate surface area is 174 Å². The largest absolute Gasteiger partial charge is 0.294 e. The van der Waals surface area contributed by atoms with Gasteiger partial charge in [-0.2, -0.15) is 5.10 Å². The summed E-state index contributed by atoms with van der Waals surface area (Å²) in [5, 5.41) is 5.55. The van der Waals surface area contributed by atoms with Crippen LogP contribution in [-0.2, 0) is 6.42 Å². The van der Waals surface area contributed by atoms with Gasteiger partial charge in [-0.1, -0.05) is 61.6 Å². The lowest BCUT2D eigenvalue weighted by Gasteiger charge is -2.23. The molecule has 2 aromatic carbocycles. The van der Waals surface area contributed by atoms with Gasteiger partial charge in [-0.3, -0.25) is 4.79 Å². The predicted molar refractivity (Wildman–Crippen MR) is 117 cm³/mol. The Morgan fingerprint density at radius 2 is 1.83 bits per heavy atom. The second kappa shape index (κ2) is 6.92. The molecule has 0 spiro atoms. The van der Waals surface area contributed by atoms with Crippen molar-refractivity contribution in [2.45, 2.75) is 45.4 Å². The number of Topliss-reactive ketones (excluding diaryl/α,β-unsaturated/α-hetero) is 1. The van der Waals surface area contributed by atoms with Crippen LogP contribution in [0, 0.1) is 6.92 Å². The van der Waals surface area contributed by atoms with E-state index in [-0.39, 0.29) is 11.7 Å². The van der Waals surface area contributed by atoms with Crippen LogP contribution in [-0.4, -0.2) is 20.5 Å². The van der Waals surface area contributed by atoms with Crippen LogP contribution in [0.3, 0.4) is 0 Å². The third-order valence-electron chi connectivity index (χ3n) is 5.84. The minimum absolute atomic E-state index is 0.181. The van der Waals surface area contributed by atoms with Crippen LogP contribution in [0.1, 0.15) is 65.0 Å². The molecule has 0 saturated carbocycles. The predicted octanol–water partition coefficient (Wildman–Crippen LogP) is 5.83. The number of benzene rings is 2. The van der Waals surface area contributed by atoms with E-state index in [0.717, 1.165) is 38.7 Å². The van der Waals surface area contributed by atoms with E-state index in [1.165, 1.54) is 11.1 Å². The van der Waals surface area contributed by atoms with Gasteiger partial charge < -0.3 is 0 Å². The molecule has 5 heteroatoms. The Kier molecular flexibility index (Phi) is 4.36. The summed E-state index contributed by atoms with van der Waals surface area (Å²) < 4.78 is 3.04. The van der Waals surface area contributed by atoms with Gasteiger partial charge in [-0.25, -0.2) is 9.67 Å². The summed E-state index contributed by atoms with van der Waals surface area (Å²) in [4.78, 5) is 17.8. The highest BCUT2D eigenvalue weighted by molar-refractivity contribution is 7.20. The van der Waals surface area contributed by atoms with Crippen LogP contribution in [0.15, 0.2) is 48.5 Å². The van der Waals surface area contributed by atoms with E-state index in [2.05, 4.69) is 44.2 Å². The SMILES string of the molecule is Cc1nn(-c2nc3ccccc3s2)c2c1C(=O)C[C@@H](c1ccc(C(C)C)cc1)C2. The molecule has 2 aromatic heterocycles. The molecule has 2 heterocycles. The molecule has 0 radical (unpaired) electrons. The quantitative estimate of drug-likeness (QED) is 0.434. The molecule has 0 saturated heterocycles. The number of aryl methyl sites for hydroxylation is 1. The fraction of sp³-hybridized carbons (Fsp3) is 0.292. The summed E-state index contributed by atoms with van der Waals surface area (Å²) in [5.74, 6) is 0.876. The first-order valence-corrected chi connectivity index (χ1v) is 10.9. The molecular formula is C24H23N3OS. The number of aromatic nitrogens is 3. The number of hydrogen-bond donors (Lipinski definition) is 0. The van der Waals surface area contributed by atoms with E-state index in [1.54, 1.807) is 11.3 Å². The molecule has 4 aromatic rings. The molecule has 1 atom stereocenters. The number of hydrogen-bond acceptors (Lipinski definition) is 4. The summed E-state index contributed by atoms with van der Waals surface area (Å²) in [6.45, 7) is 6.33. The second-order valence-corrected chi connectivity index (χ2v) is 9.14. The number of fused-ring (bicyclic) bond motifs is 2. The van der Waals surface area contributed by atoms with Crippen LogP contribution in [0.5, 0.6) is 0 Å². The van der Waals surface area contributed by atoms with Crippen molar-refractivity contribution in [3.63, 3.8) is 0 Å². The Bertz CT molecular complexity index is 1180. The van der Waals surface area contributed by atoms with E-state index < -0.39 is 0 Å². The van der Waals surface area contributed by atoms with Crippen molar-refractivity contribution in [2.75, 3.05) is 0 Å². The molecule has 4 nitrogen and oxygen atoms in total. The number of rotatable bonds is 3. The summed E-state index contributed by atoms with van der Waals surface area (Å²) in [6, 6.07) is 16.9. The molecule has 0 fully saturated rings. The molecule has 1 aliphatic rings. The smallest absolute Gasteiger partial charge is 0.211 e. The van der Waals surface area contributed by atoms with Gasteiger partial charge in [0.05, 0.1) is 27.2 Å². The Balaban J connectivity index is 1.56. The summed E-state index contributed by atoms with van der Waals surface area (Å²) in [7, 11) is 0. The number of carbonyl (C=O) groups excluding carboxylic acids is 1. The van der Waals surface area contributed by atoms with Crippen LogP contribution < -0.4 is 0 Å².